The highest BCUT2D eigenvalue weighted by Gasteiger charge is 2.29. The molecule has 0 radical (unpaired) electrons. The minimum atomic E-state index is -0.296. The van der Waals surface area contributed by atoms with Crippen LogP contribution in [0.2, 0.25) is 0 Å². The average Bonchev–Trinajstić information content (AvgIpc) is 3.16. The third-order valence-corrected chi connectivity index (χ3v) is 5.53. The lowest BCUT2D eigenvalue weighted by molar-refractivity contribution is 0.102. The van der Waals surface area contributed by atoms with Gasteiger partial charge in [-0.05, 0) is 60.4 Å². The minimum absolute atomic E-state index is 0.0642. The first kappa shape index (κ1) is 22.3. The fourth-order valence-electron chi connectivity index (χ4n) is 4.20. The summed E-state index contributed by atoms with van der Waals surface area (Å²) in [6, 6.07) is 25.8. The Hall–Kier alpha value is -3.92. The van der Waals surface area contributed by atoms with Crippen molar-refractivity contribution >= 4 is 17.8 Å². The molecule has 0 aliphatic carbocycles. The predicted molar refractivity (Wildman–Crippen MR) is 135 cm³/mol. The molecule has 0 saturated carbocycles. The summed E-state index contributed by atoms with van der Waals surface area (Å²) in [7, 11) is 0. The zero-order valence-corrected chi connectivity index (χ0v) is 19.0. The number of nitrogens with zero attached hydrogens (tertiary/aromatic N) is 1. The number of hydrogen-bond acceptors (Lipinski definition) is 1. The van der Waals surface area contributed by atoms with Gasteiger partial charge in [0.2, 0.25) is 0 Å². The molecule has 3 aromatic carbocycles. The third-order valence-electron chi connectivity index (χ3n) is 5.53. The first-order chi connectivity index (χ1) is 16.0. The summed E-state index contributed by atoms with van der Waals surface area (Å²) in [5.74, 6) is -0.403. The molecular formula is C29H27FN2O. The Morgan fingerprint density at radius 2 is 1.48 bits per heavy atom. The van der Waals surface area contributed by atoms with Gasteiger partial charge in [0, 0.05) is 23.1 Å². The highest BCUT2D eigenvalue weighted by atomic mass is 19.1. The number of amides is 1. The van der Waals surface area contributed by atoms with Gasteiger partial charge in [-0.15, -0.1) is 0 Å². The normalized spacial score (nSPS) is 11.3. The molecule has 1 N–H and O–H groups in total. The molecule has 0 spiro atoms. The van der Waals surface area contributed by atoms with Gasteiger partial charge < -0.3 is 9.88 Å². The molecule has 1 amide bonds. The van der Waals surface area contributed by atoms with Crippen LogP contribution in [0.15, 0.2) is 91.0 Å². The summed E-state index contributed by atoms with van der Waals surface area (Å²) in [5.41, 5.74) is 5.73. The van der Waals surface area contributed by atoms with E-state index in [1.807, 2.05) is 79.9 Å². The molecule has 0 aliphatic heterocycles. The van der Waals surface area contributed by atoms with Crippen LogP contribution >= 0.6 is 0 Å². The number of benzene rings is 3. The number of aromatic nitrogens is 1. The van der Waals surface area contributed by atoms with Gasteiger partial charge in [-0.1, -0.05) is 68.5 Å². The monoisotopic (exact) mass is 438 g/mol. The van der Waals surface area contributed by atoms with Gasteiger partial charge in [0.1, 0.15) is 5.82 Å². The molecule has 3 nitrogen and oxygen atoms in total. The average molecular weight is 439 g/mol. The van der Waals surface area contributed by atoms with E-state index in [1.54, 1.807) is 12.1 Å². The van der Waals surface area contributed by atoms with E-state index in [9.17, 15) is 9.18 Å². The molecular weight excluding hydrogens is 411 g/mol. The van der Waals surface area contributed by atoms with E-state index in [0.29, 0.717) is 5.56 Å². The molecule has 4 aromatic rings. The number of allylic oxidation sites excluding steroid dienone is 1. The maximum atomic E-state index is 13.8. The lowest BCUT2D eigenvalue weighted by Gasteiger charge is -2.13. The predicted octanol–water partition coefficient (Wildman–Crippen LogP) is 7.83. The second kappa shape index (κ2) is 9.70. The highest BCUT2D eigenvalue weighted by molar-refractivity contribution is 6.12. The molecule has 0 saturated heterocycles. The number of carbonyl (C=O) groups excluding carboxylic acids is 1. The Morgan fingerprint density at radius 3 is 2.06 bits per heavy atom. The Morgan fingerprint density at radius 1 is 0.879 bits per heavy atom. The van der Waals surface area contributed by atoms with E-state index in [1.165, 1.54) is 12.1 Å². The van der Waals surface area contributed by atoms with E-state index >= 15 is 0 Å². The van der Waals surface area contributed by atoms with Crippen molar-refractivity contribution in [1.82, 2.24) is 4.57 Å². The van der Waals surface area contributed by atoms with Crippen LogP contribution in [0.1, 0.15) is 42.7 Å². The Labute approximate surface area is 194 Å². The van der Waals surface area contributed by atoms with Crippen molar-refractivity contribution in [2.45, 2.75) is 26.7 Å². The topological polar surface area (TPSA) is 34.0 Å². The van der Waals surface area contributed by atoms with Gasteiger partial charge in [0.25, 0.3) is 5.91 Å². The molecule has 1 heterocycles. The summed E-state index contributed by atoms with van der Waals surface area (Å²) >= 11 is 0. The highest BCUT2D eigenvalue weighted by Crippen LogP contribution is 2.42. The summed E-state index contributed by atoms with van der Waals surface area (Å²) in [6.45, 7) is 6.11. The summed E-state index contributed by atoms with van der Waals surface area (Å²) in [5, 5.41) is 3.07. The van der Waals surface area contributed by atoms with Gasteiger partial charge in [0.05, 0.1) is 11.3 Å². The van der Waals surface area contributed by atoms with Gasteiger partial charge >= 0.3 is 0 Å². The molecule has 166 valence electrons. The molecule has 0 aliphatic rings. The quantitative estimate of drug-likeness (QED) is 0.327. The standard InChI is InChI=1S/C29H27FN2O/c1-4-19-32-27(20(2)3)26(29(33)31-24-13-9-6-10-14-24)25(21-11-7-5-8-12-21)28(32)22-15-17-23(30)18-16-22/h4-20H,1-3H3,(H,31,33)/b19-4+. The smallest absolute Gasteiger partial charge is 0.258 e. The lowest BCUT2D eigenvalue weighted by Crippen LogP contribution is -2.15. The van der Waals surface area contributed by atoms with Crippen LogP contribution in [0.4, 0.5) is 10.1 Å². The van der Waals surface area contributed by atoms with Gasteiger partial charge in [-0.3, -0.25) is 4.79 Å². The van der Waals surface area contributed by atoms with Crippen molar-refractivity contribution in [3.05, 3.63) is 108 Å². The molecule has 0 atom stereocenters. The van der Waals surface area contributed by atoms with Crippen LogP contribution in [0.5, 0.6) is 0 Å². The van der Waals surface area contributed by atoms with Crippen LogP contribution in [-0.4, -0.2) is 10.5 Å². The number of anilines is 1. The van der Waals surface area contributed by atoms with Crippen molar-refractivity contribution < 1.29 is 9.18 Å². The van der Waals surface area contributed by atoms with E-state index in [2.05, 4.69) is 23.7 Å². The first-order valence-electron chi connectivity index (χ1n) is 11.1. The van der Waals surface area contributed by atoms with Gasteiger partial charge in [-0.2, -0.15) is 0 Å². The number of nitrogens with one attached hydrogen (secondary N) is 1. The molecule has 4 heteroatoms. The van der Waals surface area contributed by atoms with Gasteiger partial charge in [-0.25, -0.2) is 4.39 Å². The van der Waals surface area contributed by atoms with Crippen LogP contribution in [0, 0.1) is 5.82 Å². The van der Waals surface area contributed by atoms with E-state index in [0.717, 1.165) is 33.8 Å². The number of rotatable bonds is 6. The summed E-state index contributed by atoms with van der Waals surface area (Å²) in [4.78, 5) is 13.8. The lowest BCUT2D eigenvalue weighted by atomic mass is 9.94. The maximum absolute atomic E-state index is 13.8. The molecule has 0 bridgehead atoms. The van der Waals surface area contributed by atoms with Gasteiger partial charge in [0.15, 0.2) is 0 Å². The second-order valence-corrected chi connectivity index (χ2v) is 8.18. The summed E-state index contributed by atoms with van der Waals surface area (Å²) in [6.07, 6.45) is 3.92. The molecule has 33 heavy (non-hydrogen) atoms. The van der Waals surface area contributed by atoms with Crippen molar-refractivity contribution in [3.8, 4) is 22.4 Å². The van der Waals surface area contributed by atoms with Crippen molar-refractivity contribution in [1.29, 1.82) is 0 Å². The fourth-order valence-corrected chi connectivity index (χ4v) is 4.20. The van der Waals surface area contributed by atoms with E-state index in [4.69, 9.17) is 0 Å². The maximum Gasteiger partial charge on any atom is 0.258 e. The largest absolute Gasteiger partial charge is 0.322 e. The molecule has 0 unspecified atom stereocenters. The van der Waals surface area contributed by atoms with Crippen LogP contribution in [0.3, 0.4) is 0 Å². The van der Waals surface area contributed by atoms with Crippen LogP contribution in [0.25, 0.3) is 28.6 Å². The Bertz CT molecular complexity index is 1270. The second-order valence-electron chi connectivity index (χ2n) is 8.18. The van der Waals surface area contributed by atoms with Crippen LogP contribution in [-0.2, 0) is 0 Å². The van der Waals surface area contributed by atoms with Crippen LogP contribution < -0.4 is 5.32 Å². The fraction of sp³-hybridized carbons (Fsp3) is 0.138. The molecule has 4 rings (SSSR count). The minimum Gasteiger partial charge on any atom is -0.322 e. The van der Waals surface area contributed by atoms with E-state index < -0.39 is 0 Å². The van der Waals surface area contributed by atoms with Crippen molar-refractivity contribution in [3.63, 3.8) is 0 Å². The zero-order chi connectivity index (χ0) is 23.4. The molecule has 0 fully saturated rings. The first-order valence-corrected chi connectivity index (χ1v) is 11.1. The number of halogens is 1. The number of hydrogen-bond donors (Lipinski definition) is 1. The number of para-hydroxylation sites is 1. The Kier molecular flexibility index (Phi) is 6.55. The van der Waals surface area contributed by atoms with Crippen molar-refractivity contribution in [2.75, 3.05) is 5.32 Å². The Balaban J connectivity index is 2.06. The van der Waals surface area contributed by atoms with E-state index in [-0.39, 0.29) is 17.6 Å². The SMILES string of the molecule is C/C=C/n1c(-c2ccc(F)cc2)c(-c2ccccc2)c(C(=O)Nc2ccccc2)c1C(C)C. The summed E-state index contributed by atoms with van der Waals surface area (Å²) < 4.78 is 15.8. The third kappa shape index (κ3) is 4.51. The molecule has 1 aromatic heterocycles. The zero-order valence-electron chi connectivity index (χ0n) is 19.0. The number of carbonyl (C=O) groups is 1. The van der Waals surface area contributed by atoms with Crippen molar-refractivity contribution in [2.24, 2.45) is 0 Å².